The van der Waals surface area contributed by atoms with Crippen molar-refractivity contribution in [1.82, 2.24) is 14.9 Å². The number of unbranched alkanes of at least 4 members (excludes halogenated alkanes) is 2. The van der Waals surface area contributed by atoms with Gasteiger partial charge in [-0.3, -0.25) is 14.2 Å². The van der Waals surface area contributed by atoms with Crippen LogP contribution < -0.4 is 10.9 Å². The van der Waals surface area contributed by atoms with Crippen LogP contribution in [0.5, 0.6) is 0 Å². The molecule has 0 aliphatic rings. The van der Waals surface area contributed by atoms with Crippen molar-refractivity contribution in [3.63, 3.8) is 0 Å². The van der Waals surface area contributed by atoms with E-state index in [1.165, 1.54) is 16.3 Å². The monoisotopic (exact) mass is 339 g/mol. The number of aromatic nitrogens is 2. The third kappa shape index (κ3) is 6.37. The summed E-state index contributed by atoms with van der Waals surface area (Å²) in [6, 6.07) is 1.56. The quantitative estimate of drug-likeness (QED) is 0.404. The number of nitrogens with one attached hydrogen (secondary N) is 1. The van der Waals surface area contributed by atoms with E-state index in [-0.39, 0.29) is 16.7 Å². The first-order chi connectivity index (χ1) is 11.0. The van der Waals surface area contributed by atoms with Gasteiger partial charge in [0.1, 0.15) is 0 Å². The summed E-state index contributed by atoms with van der Waals surface area (Å²) in [5.41, 5.74) is 0.705. The first kappa shape index (κ1) is 19.7. The van der Waals surface area contributed by atoms with Gasteiger partial charge in [0.25, 0.3) is 5.56 Å². The first-order valence-electron chi connectivity index (χ1n) is 8.54. The lowest BCUT2D eigenvalue weighted by atomic mass is 10.2. The van der Waals surface area contributed by atoms with Crippen LogP contribution in [-0.4, -0.2) is 27.3 Å². The molecule has 1 amide bonds. The Kier molecular flexibility index (Phi) is 8.99. The van der Waals surface area contributed by atoms with Gasteiger partial charge in [-0.25, -0.2) is 4.98 Å². The topological polar surface area (TPSA) is 64.0 Å². The second-order valence-corrected chi connectivity index (χ2v) is 6.84. The maximum atomic E-state index is 12.4. The fourth-order valence-electron chi connectivity index (χ4n) is 2.11. The van der Waals surface area contributed by atoms with E-state index in [0.717, 1.165) is 37.8 Å². The van der Waals surface area contributed by atoms with E-state index >= 15 is 0 Å². The Hall–Kier alpha value is -1.30. The lowest BCUT2D eigenvalue weighted by molar-refractivity contribution is -0.120. The minimum Gasteiger partial charge on any atom is -0.355 e. The molecule has 1 unspecified atom stereocenters. The molecule has 6 heteroatoms. The number of hydrogen-bond donors (Lipinski definition) is 1. The van der Waals surface area contributed by atoms with Gasteiger partial charge in [0, 0.05) is 25.4 Å². The Labute approximate surface area is 143 Å². The third-order valence-corrected chi connectivity index (χ3v) is 5.01. The minimum absolute atomic E-state index is 0.0491. The van der Waals surface area contributed by atoms with Crippen LogP contribution in [0, 0.1) is 0 Å². The van der Waals surface area contributed by atoms with Crippen molar-refractivity contribution >= 4 is 17.7 Å². The van der Waals surface area contributed by atoms with Gasteiger partial charge in [-0.05, 0) is 19.3 Å². The largest absolute Gasteiger partial charge is 0.355 e. The van der Waals surface area contributed by atoms with Crippen LogP contribution in [0.3, 0.4) is 0 Å². The molecule has 0 fully saturated rings. The molecule has 1 rings (SSSR count). The summed E-state index contributed by atoms with van der Waals surface area (Å²) in [5, 5.41) is 3.43. The number of thioether (sulfide) groups is 1. The normalized spacial score (nSPS) is 12.2. The molecule has 0 aliphatic heterocycles. The maximum absolute atomic E-state index is 12.4. The zero-order valence-electron chi connectivity index (χ0n) is 14.7. The summed E-state index contributed by atoms with van der Waals surface area (Å²) in [7, 11) is 1.71. The molecular weight excluding hydrogens is 310 g/mol. The highest BCUT2D eigenvalue weighted by atomic mass is 32.2. The average Bonchev–Trinajstić information content (AvgIpc) is 2.55. The molecule has 130 valence electrons. The first-order valence-corrected chi connectivity index (χ1v) is 9.42. The summed E-state index contributed by atoms with van der Waals surface area (Å²) in [5.74, 6) is 0.0491. The van der Waals surface area contributed by atoms with Crippen molar-refractivity contribution in [2.75, 3.05) is 6.54 Å². The number of carbonyl (C=O) groups excluding carboxylic acids is 1. The molecule has 1 atom stereocenters. The second kappa shape index (κ2) is 10.5. The van der Waals surface area contributed by atoms with Gasteiger partial charge in [0.15, 0.2) is 5.16 Å². The van der Waals surface area contributed by atoms with Crippen molar-refractivity contribution < 1.29 is 4.79 Å². The van der Waals surface area contributed by atoms with E-state index in [9.17, 15) is 9.59 Å². The Morgan fingerprint density at radius 2 is 2.00 bits per heavy atom. The highest BCUT2D eigenvalue weighted by Crippen LogP contribution is 2.24. The number of aryl methyl sites for hydroxylation is 1. The van der Waals surface area contributed by atoms with E-state index in [4.69, 9.17) is 0 Å². The number of amides is 1. The predicted molar refractivity (Wildman–Crippen MR) is 95.9 cm³/mol. The van der Waals surface area contributed by atoms with Crippen LogP contribution in [-0.2, 0) is 18.3 Å². The van der Waals surface area contributed by atoms with Crippen LogP contribution in [0.25, 0.3) is 0 Å². The fraction of sp³-hybridized carbons (Fsp3) is 0.706. The molecule has 1 aromatic heterocycles. The van der Waals surface area contributed by atoms with E-state index in [2.05, 4.69) is 24.1 Å². The molecule has 23 heavy (non-hydrogen) atoms. The number of carbonyl (C=O) groups is 1. The van der Waals surface area contributed by atoms with E-state index in [1.54, 1.807) is 13.1 Å². The molecule has 0 saturated heterocycles. The standard InChI is InChI=1S/C17H29N3O2S/c1-5-8-10-14(16(22)18-11-9-6-2)23-17-19-13(7-3)12-15(21)20(17)4/h12,14H,5-11H2,1-4H3,(H,18,22). The lowest BCUT2D eigenvalue weighted by Crippen LogP contribution is -2.34. The number of nitrogens with zero attached hydrogens (tertiary/aromatic N) is 2. The summed E-state index contributed by atoms with van der Waals surface area (Å²) < 4.78 is 1.53. The lowest BCUT2D eigenvalue weighted by Gasteiger charge is -2.17. The van der Waals surface area contributed by atoms with Crippen molar-refractivity contribution in [2.45, 2.75) is 69.7 Å². The van der Waals surface area contributed by atoms with E-state index < -0.39 is 0 Å². The van der Waals surface area contributed by atoms with Gasteiger partial charge in [-0.2, -0.15) is 0 Å². The summed E-state index contributed by atoms with van der Waals surface area (Å²) in [6.07, 6.45) is 5.58. The van der Waals surface area contributed by atoms with Gasteiger partial charge < -0.3 is 5.32 Å². The zero-order chi connectivity index (χ0) is 17.2. The molecule has 5 nitrogen and oxygen atoms in total. The molecular formula is C17H29N3O2S. The molecule has 1 N–H and O–H groups in total. The van der Waals surface area contributed by atoms with Gasteiger partial charge in [0.05, 0.1) is 5.25 Å². The zero-order valence-corrected chi connectivity index (χ0v) is 15.5. The maximum Gasteiger partial charge on any atom is 0.254 e. The van der Waals surface area contributed by atoms with Crippen molar-refractivity contribution in [3.05, 3.63) is 22.1 Å². The van der Waals surface area contributed by atoms with Crippen LogP contribution in [0.15, 0.2) is 16.0 Å². The molecule has 0 aliphatic carbocycles. The SMILES string of the molecule is CCCCNC(=O)C(CCCC)Sc1nc(CC)cc(=O)n1C. The number of rotatable bonds is 10. The molecule has 0 spiro atoms. The van der Waals surface area contributed by atoms with Crippen molar-refractivity contribution in [1.29, 1.82) is 0 Å². The Morgan fingerprint density at radius 3 is 2.61 bits per heavy atom. The smallest absolute Gasteiger partial charge is 0.254 e. The van der Waals surface area contributed by atoms with Gasteiger partial charge >= 0.3 is 0 Å². The fourth-order valence-corrected chi connectivity index (χ4v) is 3.26. The number of hydrogen-bond acceptors (Lipinski definition) is 4. The van der Waals surface area contributed by atoms with Crippen LogP contribution in [0.1, 0.15) is 58.6 Å². The molecule has 1 heterocycles. The predicted octanol–water partition coefficient (Wildman–Crippen LogP) is 2.91. The molecule has 0 aromatic carbocycles. The van der Waals surface area contributed by atoms with Crippen LogP contribution in [0.2, 0.25) is 0 Å². The highest BCUT2D eigenvalue weighted by molar-refractivity contribution is 8.00. The summed E-state index contributed by atoms with van der Waals surface area (Å²) in [6.45, 7) is 6.90. The Balaban J connectivity index is 2.90. The highest BCUT2D eigenvalue weighted by Gasteiger charge is 2.21. The minimum atomic E-state index is -0.197. The Bertz CT molecular complexity index is 557. The van der Waals surface area contributed by atoms with Crippen LogP contribution >= 0.6 is 11.8 Å². The molecule has 0 bridgehead atoms. The van der Waals surface area contributed by atoms with Crippen LogP contribution in [0.4, 0.5) is 0 Å². The molecule has 1 aromatic rings. The summed E-state index contributed by atoms with van der Waals surface area (Å²) in [4.78, 5) is 29.0. The average molecular weight is 340 g/mol. The second-order valence-electron chi connectivity index (χ2n) is 5.67. The van der Waals surface area contributed by atoms with E-state index in [0.29, 0.717) is 18.1 Å². The van der Waals surface area contributed by atoms with E-state index in [1.807, 2.05) is 6.92 Å². The van der Waals surface area contributed by atoms with Gasteiger partial charge in [0.2, 0.25) is 5.91 Å². The van der Waals surface area contributed by atoms with Gasteiger partial charge in [-0.15, -0.1) is 0 Å². The third-order valence-electron chi connectivity index (χ3n) is 3.70. The van der Waals surface area contributed by atoms with Crippen molar-refractivity contribution in [2.24, 2.45) is 7.05 Å². The van der Waals surface area contributed by atoms with Gasteiger partial charge in [-0.1, -0.05) is 51.8 Å². The van der Waals surface area contributed by atoms with Crippen molar-refractivity contribution in [3.8, 4) is 0 Å². The molecule has 0 radical (unpaired) electrons. The molecule has 0 saturated carbocycles. The summed E-state index contributed by atoms with van der Waals surface area (Å²) >= 11 is 1.40. The Morgan fingerprint density at radius 1 is 1.30 bits per heavy atom.